The number of hydrogen-bond donors (Lipinski definition) is 1. The zero-order valence-corrected chi connectivity index (χ0v) is 21.0. The van der Waals surface area contributed by atoms with Crippen molar-refractivity contribution in [2.75, 3.05) is 18.0 Å². The van der Waals surface area contributed by atoms with Gasteiger partial charge in [-0.2, -0.15) is 13.2 Å². The van der Waals surface area contributed by atoms with Crippen molar-refractivity contribution in [3.63, 3.8) is 0 Å². The van der Waals surface area contributed by atoms with E-state index in [0.29, 0.717) is 12.1 Å². The van der Waals surface area contributed by atoms with Gasteiger partial charge in [-0.3, -0.25) is 15.2 Å². The number of carbonyl (C=O) groups excluding carboxylic acids is 1. The lowest BCUT2D eigenvalue weighted by Gasteiger charge is -2.44. The van der Waals surface area contributed by atoms with E-state index in [0.717, 1.165) is 65.2 Å². The Kier molecular flexibility index (Phi) is 6.81. The van der Waals surface area contributed by atoms with Crippen LogP contribution in [-0.4, -0.2) is 45.4 Å². The standard InChI is InChI=1S/C25H25F5N4O3S/c26-17-12-18(27)14-20(13-17)34-23(35)32-22(31-19-6-1-2-7-19)24(34)9-4-10-33(15-24)38(36,37)21-8-3-5-16(11-21)25(28,29)30/h3,5,8,11-14,19H,1-2,4,6-7,9-10,15H2,(H-,31,32,35,36,37). The van der Waals surface area contributed by atoms with Crippen LogP contribution in [0.5, 0.6) is 0 Å². The summed E-state index contributed by atoms with van der Waals surface area (Å²) in [6.45, 7) is -0.370. The second-order valence-corrected chi connectivity index (χ2v) is 11.7. The lowest BCUT2D eigenvalue weighted by Crippen LogP contribution is -2.62. The quantitative estimate of drug-likeness (QED) is 0.410. The number of nitrogens with one attached hydrogen (secondary N) is 1. The molecule has 1 N–H and O–H groups in total. The Balaban J connectivity index is 1.58. The molecular formula is C25H25F5N4O3S. The van der Waals surface area contributed by atoms with Crippen LogP contribution in [0.4, 0.5) is 32.4 Å². The molecule has 2 aromatic carbocycles. The summed E-state index contributed by atoms with van der Waals surface area (Å²) < 4.78 is 96.4. The smallest absolute Gasteiger partial charge is 0.416 e. The minimum Gasteiger partial charge on any atom is -0.593 e. The van der Waals surface area contributed by atoms with Crippen LogP contribution in [-0.2, 0) is 20.8 Å². The average Bonchev–Trinajstić information content (AvgIpc) is 3.44. The van der Waals surface area contributed by atoms with Crippen LogP contribution in [0.3, 0.4) is 0 Å². The van der Waals surface area contributed by atoms with Gasteiger partial charge < -0.3 is 4.55 Å². The summed E-state index contributed by atoms with van der Waals surface area (Å²) in [6, 6.07) is 5.23. The van der Waals surface area contributed by atoms with Gasteiger partial charge in [0.15, 0.2) is 15.3 Å². The molecule has 3 aliphatic rings. The number of hydrogen-bond acceptors (Lipinski definition) is 4. The largest absolute Gasteiger partial charge is 0.593 e. The van der Waals surface area contributed by atoms with E-state index < -0.39 is 50.2 Å². The highest BCUT2D eigenvalue weighted by molar-refractivity contribution is 7.95. The summed E-state index contributed by atoms with van der Waals surface area (Å²) in [5.41, 5.74) is -2.65. The molecule has 2 amide bonds. The molecule has 2 saturated heterocycles. The van der Waals surface area contributed by atoms with E-state index >= 15 is 0 Å². The van der Waals surface area contributed by atoms with Crippen LogP contribution in [0, 0.1) is 11.6 Å². The van der Waals surface area contributed by atoms with Gasteiger partial charge in [0.2, 0.25) is 0 Å². The number of anilines is 1. The molecule has 2 aliphatic heterocycles. The third-order valence-corrected chi connectivity index (χ3v) is 9.12. The Morgan fingerprint density at radius 1 is 1.05 bits per heavy atom. The first kappa shape index (κ1) is 26.7. The van der Waals surface area contributed by atoms with Crippen LogP contribution in [0.25, 0.3) is 0 Å². The van der Waals surface area contributed by atoms with Crippen LogP contribution < -0.4 is 10.2 Å². The fraction of sp³-hybridized carbons (Fsp3) is 0.440. The topological polar surface area (TPSA) is 88.1 Å². The van der Waals surface area contributed by atoms with Crippen molar-refractivity contribution in [1.29, 1.82) is 0 Å². The lowest BCUT2D eigenvalue weighted by atomic mass is 9.87. The van der Waals surface area contributed by atoms with E-state index in [1.54, 1.807) is 0 Å². The van der Waals surface area contributed by atoms with Crippen molar-refractivity contribution in [2.45, 2.75) is 61.2 Å². The van der Waals surface area contributed by atoms with Gasteiger partial charge in [-0.25, -0.2) is 13.6 Å². The fourth-order valence-electron chi connectivity index (χ4n) is 5.54. The van der Waals surface area contributed by atoms with Crippen molar-refractivity contribution in [1.82, 2.24) is 9.62 Å². The molecule has 2 heterocycles. The molecule has 0 aromatic heterocycles. The predicted molar refractivity (Wildman–Crippen MR) is 129 cm³/mol. The number of piperidine rings is 1. The molecule has 1 saturated carbocycles. The number of benzene rings is 2. The molecule has 0 radical (unpaired) electrons. The average molecular weight is 557 g/mol. The number of halogens is 5. The minimum atomic E-state index is -4.74. The van der Waals surface area contributed by atoms with Crippen molar-refractivity contribution >= 4 is 28.0 Å². The molecule has 7 nitrogen and oxygen atoms in total. The molecule has 2 unspecified atom stereocenters. The lowest BCUT2D eigenvalue weighted by molar-refractivity contribution is -0.137. The van der Waals surface area contributed by atoms with Crippen molar-refractivity contribution in [3.8, 4) is 0 Å². The first-order chi connectivity index (χ1) is 17.9. The van der Waals surface area contributed by atoms with Gasteiger partial charge in [0.1, 0.15) is 23.0 Å². The highest BCUT2D eigenvalue weighted by Gasteiger charge is 2.57. The number of urea groups is 1. The molecule has 2 aromatic rings. The number of amidine groups is 1. The Bertz CT molecular complexity index is 1310. The van der Waals surface area contributed by atoms with Crippen molar-refractivity contribution < 1.29 is 35.5 Å². The first-order valence-electron chi connectivity index (χ1n) is 12.2. The maximum atomic E-state index is 14.2. The molecule has 1 spiro atoms. The Hall–Kier alpha value is -2.90. The van der Waals surface area contributed by atoms with Gasteiger partial charge in [-0.1, -0.05) is 23.1 Å². The third-order valence-electron chi connectivity index (χ3n) is 7.27. The fourth-order valence-corrected chi connectivity index (χ4v) is 7.11. The SMILES string of the molecule is O=C1NC(=NC2CCCC2)C2(CCCN([S+](=O)([O-])c3cccc(C(F)(F)F)c3)C2)N1c1cc(F)cc(F)c1. The van der Waals surface area contributed by atoms with E-state index in [4.69, 9.17) is 4.99 Å². The predicted octanol–water partition coefficient (Wildman–Crippen LogP) is 5.29. The monoisotopic (exact) mass is 556 g/mol. The number of aliphatic imine (C=N–C) groups is 1. The highest BCUT2D eigenvalue weighted by atomic mass is 32.3. The zero-order chi connectivity index (χ0) is 27.3. The van der Waals surface area contributed by atoms with Crippen molar-refractivity contribution in [3.05, 3.63) is 59.7 Å². The van der Waals surface area contributed by atoms with Crippen LogP contribution in [0.15, 0.2) is 52.4 Å². The molecule has 5 rings (SSSR count). The number of sulfonamides is 1. The van der Waals surface area contributed by atoms with Crippen LogP contribution in [0.2, 0.25) is 0 Å². The van der Waals surface area contributed by atoms with Crippen molar-refractivity contribution in [2.24, 2.45) is 4.99 Å². The maximum absolute atomic E-state index is 14.2. The summed E-state index contributed by atoms with van der Waals surface area (Å²) in [4.78, 5) is 18.6. The number of rotatable bonds is 4. The van der Waals surface area contributed by atoms with E-state index in [1.165, 1.54) is 0 Å². The zero-order valence-electron chi connectivity index (χ0n) is 20.1. The van der Waals surface area contributed by atoms with Gasteiger partial charge >= 0.3 is 12.2 Å². The molecule has 0 bridgehead atoms. The molecule has 2 atom stereocenters. The first-order valence-corrected chi connectivity index (χ1v) is 13.7. The highest BCUT2D eigenvalue weighted by Crippen LogP contribution is 2.41. The van der Waals surface area contributed by atoms with E-state index in [2.05, 4.69) is 5.32 Å². The minimum absolute atomic E-state index is 0.0173. The second kappa shape index (κ2) is 9.69. The number of alkyl halides is 3. The number of carbonyl (C=O) groups is 1. The summed E-state index contributed by atoms with van der Waals surface area (Å²) in [5, 5.41) is 2.69. The number of nitrogens with zero attached hydrogens (tertiary/aromatic N) is 3. The van der Waals surface area contributed by atoms with Gasteiger partial charge in [-0.15, -0.1) is 4.31 Å². The van der Waals surface area contributed by atoms with E-state index in [1.807, 2.05) is 0 Å². The van der Waals surface area contributed by atoms with Crippen LogP contribution >= 0.6 is 0 Å². The normalized spacial score (nSPS) is 25.8. The second-order valence-electron chi connectivity index (χ2n) is 9.81. The third kappa shape index (κ3) is 4.82. The van der Waals surface area contributed by atoms with Gasteiger partial charge in [0, 0.05) is 18.7 Å². The maximum Gasteiger partial charge on any atom is 0.416 e. The summed E-state index contributed by atoms with van der Waals surface area (Å²) >= 11 is 0. The molecular weight excluding hydrogens is 531 g/mol. The Morgan fingerprint density at radius 3 is 2.39 bits per heavy atom. The van der Waals surface area contributed by atoms with Gasteiger partial charge in [0.25, 0.3) is 0 Å². The Labute approximate surface area is 217 Å². The molecule has 1 aliphatic carbocycles. The van der Waals surface area contributed by atoms with Gasteiger partial charge in [-0.05, 0) is 49.9 Å². The van der Waals surface area contributed by atoms with E-state index in [-0.39, 0.29) is 43.5 Å². The number of amides is 2. The summed E-state index contributed by atoms with van der Waals surface area (Å²) in [6.07, 6.45) is -0.855. The Morgan fingerprint density at radius 2 is 1.74 bits per heavy atom. The summed E-state index contributed by atoms with van der Waals surface area (Å²) in [7, 11) is -4.43. The van der Waals surface area contributed by atoms with Crippen LogP contribution in [0.1, 0.15) is 44.1 Å². The van der Waals surface area contributed by atoms with E-state index in [9.17, 15) is 35.5 Å². The molecule has 204 valence electrons. The molecule has 38 heavy (non-hydrogen) atoms. The summed E-state index contributed by atoms with van der Waals surface area (Å²) in [5.74, 6) is -1.65. The van der Waals surface area contributed by atoms with Gasteiger partial charge in [0.05, 0.1) is 23.8 Å². The molecule has 3 fully saturated rings. The molecule has 13 heteroatoms.